The minimum Gasteiger partial charge on any atom is -0.372 e. The van der Waals surface area contributed by atoms with E-state index in [0.29, 0.717) is 0 Å². The lowest BCUT2D eigenvalue weighted by Gasteiger charge is -2.36. The van der Waals surface area contributed by atoms with Crippen molar-refractivity contribution in [3.05, 3.63) is 24.2 Å². The van der Waals surface area contributed by atoms with Gasteiger partial charge in [-0.05, 0) is 32.9 Å². The van der Waals surface area contributed by atoms with E-state index in [0.717, 1.165) is 30.2 Å². The Morgan fingerprint density at radius 3 is 2.72 bits per heavy atom. The fraction of sp³-hybridized carbons (Fsp3) is 0.538. The van der Waals surface area contributed by atoms with Crippen molar-refractivity contribution in [2.24, 2.45) is 0 Å². The van der Waals surface area contributed by atoms with E-state index in [1.54, 1.807) is 0 Å². The summed E-state index contributed by atoms with van der Waals surface area (Å²) in [4.78, 5) is 6.90. The summed E-state index contributed by atoms with van der Waals surface area (Å²) in [6, 6.07) is 4.06. The highest BCUT2D eigenvalue weighted by Crippen LogP contribution is 2.23. The molecule has 3 rings (SSSR count). The van der Waals surface area contributed by atoms with Crippen LogP contribution >= 0.6 is 0 Å². The minimum atomic E-state index is 0.235. The van der Waals surface area contributed by atoms with Crippen LogP contribution in [0.15, 0.2) is 18.3 Å². The molecular formula is C13H18N4O. The molecule has 96 valence electrons. The number of hydrogen-bond donors (Lipinski definition) is 0. The molecule has 2 atom stereocenters. The lowest BCUT2D eigenvalue weighted by atomic mass is 10.2. The van der Waals surface area contributed by atoms with Crippen molar-refractivity contribution in [3.8, 4) is 0 Å². The van der Waals surface area contributed by atoms with E-state index in [1.165, 1.54) is 0 Å². The molecule has 1 fully saturated rings. The smallest absolute Gasteiger partial charge is 0.157 e. The summed E-state index contributed by atoms with van der Waals surface area (Å²) in [7, 11) is 0. The molecule has 0 radical (unpaired) electrons. The first-order valence-corrected chi connectivity index (χ1v) is 6.36. The van der Waals surface area contributed by atoms with E-state index >= 15 is 0 Å². The molecule has 5 heteroatoms. The van der Waals surface area contributed by atoms with Crippen LogP contribution in [0.2, 0.25) is 0 Å². The van der Waals surface area contributed by atoms with Gasteiger partial charge in [0.1, 0.15) is 11.3 Å². The zero-order valence-corrected chi connectivity index (χ0v) is 11.0. The van der Waals surface area contributed by atoms with Crippen molar-refractivity contribution in [2.45, 2.75) is 33.0 Å². The van der Waals surface area contributed by atoms with Gasteiger partial charge in [0.15, 0.2) is 5.82 Å². The maximum absolute atomic E-state index is 5.77. The zero-order valence-electron chi connectivity index (χ0n) is 11.0. The Hall–Kier alpha value is -1.62. The number of fused-ring (bicyclic) bond motifs is 1. The topological polar surface area (TPSA) is 42.7 Å². The van der Waals surface area contributed by atoms with Gasteiger partial charge in [0, 0.05) is 19.3 Å². The van der Waals surface area contributed by atoms with Gasteiger partial charge >= 0.3 is 0 Å². The van der Waals surface area contributed by atoms with Gasteiger partial charge in [0.25, 0.3) is 0 Å². The second-order valence-corrected chi connectivity index (χ2v) is 4.98. The highest BCUT2D eigenvalue weighted by Gasteiger charge is 2.24. The molecule has 0 N–H and O–H groups in total. The fourth-order valence-corrected chi connectivity index (χ4v) is 2.61. The highest BCUT2D eigenvalue weighted by atomic mass is 16.5. The quantitative estimate of drug-likeness (QED) is 0.767. The van der Waals surface area contributed by atoms with Gasteiger partial charge in [-0.2, -0.15) is 5.10 Å². The van der Waals surface area contributed by atoms with Crippen LogP contribution in [0.5, 0.6) is 0 Å². The molecule has 0 unspecified atom stereocenters. The number of ether oxygens (including phenoxy) is 1. The molecule has 0 aromatic carbocycles. The molecule has 0 saturated carbocycles. The molecule has 18 heavy (non-hydrogen) atoms. The Bertz CT molecular complexity index is 555. The number of aryl methyl sites for hydroxylation is 1. The van der Waals surface area contributed by atoms with Crippen LogP contribution < -0.4 is 4.90 Å². The summed E-state index contributed by atoms with van der Waals surface area (Å²) in [6.07, 6.45) is 2.43. The Morgan fingerprint density at radius 2 is 2.00 bits per heavy atom. The third-order valence-electron chi connectivity index (χ3n) is 3.20. The van der Waals surface area contributed by atoms with Gasteiger partial charge in [0.2, 0.25) is 0 Å². The first kappa shape index (κ1) is 11.5. The third kappa shape index (κ3) is 1.95. The van der Waals surface area contributed by atoms with E-state index in [-0.39, 0.29) is 12.2 Å². The predicted molar refractivity (Wildman–Crippen MR) is 69.9 cm³/mol. The molecule has 5 nitrogen and oxygen atoms in total. The van der Waals surface area contributed by atoms with Crippen molar-refractivity contribution in [1.29, 1.82) is 0 Å². The Balaban J connectivity index is 2.05. The van der Waals surface area contributed by atoms with E-state index in [4.69, 9.17) is 4.74 Å². The van der Waals surface area contributed by atoms with Gasteiger partial charge in [-0.25, -0.2) is 9.50 Å². The summed E-state index contributed by atoms with van der Waals surface area (Å²) >= 11 is 0. The predicted octanol–water partition coefficient (Wildman–Crippen LogP) is 1.65. The molecule has 0 aliphatic carbocycles. The average molecular weight is 246 g/mol. The van der Waals surface area contributed by atoms with Crippen LogP contribution in [0.3, 0.4) is 0 Å². The molecule has 0 spiro atoms. The third-order valence-corrected chi connectivity index (χ3v) is 3.20. The van der Waals surface area contributed by atoms with Crippen molar-refractivity contribution in [3.63, 3.8) is 0 Å². The second-order valence-electron chi connectivity index (χ2n) is 4.98. The Labute approximate surface area is 106 Å². The molecular weight excluding hydrogens is 228 g/mol. The zero-order chi connectivity index (χ0) is 12.7. The number of rotatable bonds is 1. The minimum absolute atomic E-state index is 0.235. The first-order valence-electron chi connectivity index (χ1n) is 6.36. The first-order chi connectivity index (χ1) is 8.63. The molecule has 1 saturated heterocycles. The van der Waals surface area contributed by atoms with Crippen molar-refractivity contribution < 1.29 is 4.74 Å². The summed E-state index contributed by atoms with van der Waals surface area (Å²) in [5.41, 5.74) is 1.06. The van der Waals surface area contributed by atoms with E-state index in [2.05, 4.69) is 34.9 Å². The number of nitrogens with zero attached hydrogens (tertiary/aromatic N) is 4. The number of hydrogen-bond acceptors (Lipinski definition) is 4. The number of aromatic nitrogens is 3. The van der Waals surface area contributed by atoms with Crippen molar-refractivity contribution in [2.75, 3.05) is 18.0 Å². The largest absolute Gasteiger partial charge is 0.372 e. The standard InChI is InChI=1S/C13H18N4O/c1-9-7-16(8-10(2)18-9)13-12-5-4-6-17(12)15-11(3)14-13/h4-6,9-10H,7-8H2,1-3H3/t9-,10+. The maximum atomic E-state index is 5.77. The van der Waals surface area contributed by atoms with Crippen LogP contribution in [0.25, 0.3) is 5.52 Å². The molecule has 2 aromatic heterocycles. The molecule has 0 bridgehead atoms. The normalized spacial score (nSPS) is 24.7. The molecule has 2 aromatic rings. The van der Waals surface area contributed by atoms with Crippen molar-refractivity contribution >= 4 is 11.3 Å². The molecule has 0 amide bonds. The van der Waals surface area contributed by atoms with Gasteiger partial charge in [-0.1, -0.05) is 0 Å². The number of anilines is 1. The lowest BCUT2D eigenvalue weighted by Crippen LogP contribution is -2.46. The SMILES string of the molecule is Cc1nc(N2C[C@@H](C)O[C@@H](C)C2)c2cccn2n1. The van der Waals surface area contributed by atoms with Gasteiger partial charge in [-0.15, -0.1) is 0 Å². The molecule has 1 aliphatic rings. The molecule has 3 heterocycles. The van der Waals surface area contributed by atoms with E-state index in [9.17, 15) is 0 Å². The van der Waals surface area contributed by atoms with E-state index < -0.39 is 0 Å². The Kier molecular flexibility index (Phi) is 2.70. The maximum Gasteiger partial charge on any atom is 0.157 e. The lowest BCUT2D eigenvalue weighted by molar-refractivity contribution is -0.00540. The number of morpholine rings is 1. The summed E-state index contributed by atoms with van der Waals surface area (Å²) in [5.74, 6) is 1.80. The summed E-state index contributed by atoms with van der Waals surface area (Å²) < 4.78 is 7.66. The van der Waals surface area contributed by atoms with Crippen LogP contribution in [-0.2, 0) is 4.74 Å². The van der Waals surface area contributed by atoms with Gasteiger partial charge < -0.3 is 9.64 Å². The van der Waals surface area contributed by atoms with Crippen LogP contribution in [0.1, 0.15) is 19.7 Å². The molecule has 1 aliphatic heterocycles. The monoisotopic (exact) mass is 246 g/mol. The second kappa shape index (κ2) is 4.24. The highest BCUT2D eigenvalue weighted by molar-refractivity contribution is 5.69. The van der Waals surface area contributed by atoms with Gasteiger partial charge in [0.05, 0.1) is 12.2 Å². The summed E-state index contributed by atoms with van der Waals surface area (Å²) in [6.45, 7) is 7.89. The van der Waals surface area contributed by atoms with Crippen molar-refractivity contribution in [1.82, 2.24) is 14.6 Å². The summed E-state index contributed by atoms with van der Waals surface area (Å²) in [5, 5.41) is 4.38. The average Bonchev–Trinajstić information content (AvgIpc) is 2.74. The van der Waals surface area contributed by atoms with Crippen LogP contribution in [-0.4, -0.2) is 39.9 Å². The van der Waals surface area contributed by atoms with Crippen LogP contribution in [0.4, 0.5) is 5.82 Å². The van der Waals surface area contributed by atoms with Gasteiger partial charge in [-0.3, -0.25) is 0 Å². The van der Waals surface area contributed by atoms with Crippen LogP contribution in [0, 0.1) is 6.92 Å². The Morgan fingerprint density at radius 1 is 1.28 bits per heavy atom. The fourth-order valence-electron chi connectivity index (χ4n) is 2.61. The van der Waals surface area contributed by atoms with E-state index in [1.807, 2.05) is 23.7 Å².